The van der Waals surface area contributed by atoms with E-state index in [1.54, 1.807) is 0 Å². The number of likely N-dealkylation sites (tertiary alicyclic amines) is 1. The topological polar surface area (TPSA) is 66.5 Å². The molecule has 1 N–H and O–H groups in total. The van der Waals surface area contributed by atoms with Crippen molar-refractivity contribution in [2.24, 2.45) is 5.41 Å². The molecule has 1 aliphatic carbocycles. The van der Waals surface area contributed by atoms with Crippen molar-refractivity contribution < 1.29 is 14.4 Å². The summed E-state index contributed by atoms with van der Waals surface area (Å²) in [4.78, 5) is 39.1. The Hall–Kier alpha value is -2.95. The number of hydrogen-bond acceptors (Lipinski definition) is 3. The SMILES string of the molecule is CC(NC(=O)CN1C(=O)CC2(CCCCC2)C1=O)c1ccc(-c2ccccc2)cc1. The molecule has 1 atom stereocenters. The third-order valence-electron chi connectivity index (χ3n) is 6.50. The van der Waals surface area contributed by atoms with Crippen molar-refractivity contribution in [3.63, 3.8) is 0 Å². The Bertz CT molecular complexity index is 931. The largest absolute Gasteiger partial charge is 0.348 e. The highest BCUT2D eigenvalue weighted by atomic mass is 16.2. The summed E-state index contributed by atoms with van der Waals surface area (Å²) in [5.41, 5.74) is 2.69. The molecule has 5 heteroatoms. The summed E-state index contributed by atoms with van der Waals surface area (Å²) < 4.78 is 0. The predicted octanol–water partition coefficient (Wildman–Crippen LogP) is 4.24. The van der Waals surface area contributed by atoms with Gasteiger partial charge in [0.15, 0.2) is 0 Å². The number of hydrogen-bond donors (Lipinski definition) is 1. The molecule has 156 valence electrons. The summed E-state index contributed by atoms with van der Waals surface area (Å²) >= 11 is 0. The van der Waals surface area contributed by atoms with Gasteiger partial charge in [-0.15, -0.1) is 0 Å². The lowest BCUT2D eigenvalue weighted by Gasteiger charge is -2.30. The summed E-state index contributed by atoms with van der Waals surface area (Å²) in [7, 11) is 0. The van der Waals surface area contributed by atoms with E-state index in [1.165, 1.54) is 4.90 Å². The molecule has 0 radical (unpaired) electrons. The highest BCUT2D eigenvalue weighted by Crippen LogP contribution is 2.45. The van der Waals surface area contributed by atoms with Crippen molar-refractivity contribution in [3.05, 3.63) is 60.2 Å². The van der Waals surface area contributed by atoms with E-state index in [1.807, 2.05) is 49.4 Å². The molecule has 3 amide bonds. The molecule has 2 aromatic rings. The Morgan fingerprint density at radius 2 is 1.60 bits per heavy atom. The van der Waals surface area contributed by atoms with Crippen molar-refractivity contribution in [2.45, 2.75) is 51.5 Å². The van der Waals surface area contributed by atoms with Crippen LogP contribution in [0.15, 0.2) is 54.6 Å². The van der Waals surface area contributed by atoms with Crippen LogP contribution < -0.4 is 5.32 Å². The van der Waals surface area contributed by atoms with Gasteiger partial charge in [-0.1, -0.05) is 73.9 Å². The Morgan fingerprint density at radius 3 is 2.27 bits per heavy atom. The van der Waals surface area contributed by atoms with E-state index in [4.69, 9.17) is 0 Å². The summed E-state index contributed by atoms with van der Waals surface area (Å²) in [5, 5.41) is 2.93. The average molecular weight is 405 g/mol. The molecule has 1 saturated carbocycles. The Morgan fingerprint density at radius 1 is 0.967 bits per heavy atom. The molecule has 1 saturated heterocycles. The van der Waals surface area contributed by atoms with E-state index in [0.717, 1.165) is 48.8 Å². The Kier molecular flexibility index (Phi) is 5.71. The van der Waals surface area contributed by atoms with Crippen molar-refractivity contribution in [2.75, 3.05) is 6.54 Å². The van der Waals surface area contributed by atoms with E-state index in [9.17, 15) is 14.4 Å². The van der Waals surface area contributed by atoms with Gasteiger partial charge in [-0.25, -0.2) is 0 Å². The molecular formula is C25H28N2O3. The normalized spacial score (nSPS) is 19.2. The number of benzene rings is 2. The highest BCUT2D eigenvalue weighted by Gasteiger charge is 2.51. The molecule has 30 heavy (non-hydrogen) atoms. The number of amides is 3. The van der Waals surface area contributed by atoms with Gasteiger partial charge < -0.3 is 5.32 Å². The molecule has 2 aliphatic rings. The van der Waals surface area contributed by atoms with Gasteiger partial charge >= 0.3 is 0 Å². The van der Waals surface area contributed by atoms with Gasteiger partial charge in [0.25, 0.3) is 0 Å². The van der Waals surface area contributed by atoms with Crippen LogP contribution in [-0.4, -0.2) is 29.2 Å². The zero-order chi connectivity index (χ0) is 21.1. The zero-order valence-corrected chi connectivity index (χ0v) is 17.4. The maximum absolute atomic E-state index is 12.9. The molecule has 0 bridgehead atoms. The second kappa shape index (κ2) is 8.42. The Labute approximate surface area is 177 Å². The summed E-state index contributed by atoms with van der Waals surface area (Å²) in [6.45, 7) is 1.72. The maximum atomic E-state index is 12.9. The molecule has 1 unspecified atom stereocenters. The average Bonchev–Trinajstić information content (AvgIpc) is 2.98. The van der Waals surface area contributed by atoms with Crippen LogP contribution in [0.1, 0.15) is 57.1 Å². The van der Waals surface area contributed by atoms with Crippen LogP contribution in [-0.2, 0) is 14.4 Å². The van der Waals surface area contributed by atoms with Gasteiger partial charge in [0, 0.05) is 6.42 Å². The molecule has 0 aromatic heterocycles. The molecule has 2 fully saturated rings. The van der Waals surface area contributed by atoms with E-state index in [2.05, 4.69) is 17.4 Å². The second-order valence-corrected chi connectivity index (χ2v) is 8.58. The monoisotopic (exact) mass is 404 g/mol. The summed E-state index contributed by atoms with van der Waals surface area (Å²) in [6.07, 6.45) is 4.86. The van der Waals surface area contributed by atoms with Crippen LogP contribution >= 0.6 is 0 Å². The maximum Gasteiger partial charge on any atom is 0.240 e. The van der Waals surface area contributed by atoms with E-state index in [-0.39, 0.29) is 36.7 Å². The number of nitrogens with zero attached hydrogens (tertiary/aromatic N) is 1. The fraction of sp³-hybridized carbons (Fsp3) is 0.400. The Balaban J connectivity index is 1.37. The van der Waals surface area contributed by atoms with Gasteiger partial charge in [-0.2, -0.15) is 0 Å². The number of nitrogens with one attached hydrogen (secondary N) is 1. The molecular weight excluding hydrogens is 376 g/mol. The van der Waals surface area contributed by atoms with E-state index in [0.29, 0.717) is 0 Å². The van der Waals surface area contributed by atoms with E-state index >= 15 is 0 Å². The van der Waals surface area contributed by atoms with Gasteiger partial charge in [-0.3, -0.25) is 19.3 Å². The summed E-state index contributed by atoms with van der Waals surface area (Å²) in [6, 6.07) is 18.0. The van der Waals surface area contributed by atoms with Crippen molar-refractivity contribution in [3.8, 4) is 11.1 Å². The van der Waals surface area contributed by atoms with Crippen LogP contribution in [0.25, 0.3) is 11.1 Å². The lowest BCUT2D eigenvalue weighted by atomic mass is 9.73. The lowest BCUT2D eigenvalue weighted by molar-refractivity contribution is -0.145. The molecule has 1 heterocycles. The fourth-order valence-corrected chi connectivity index (χ4v) is 4.75. The first kappa shape index (κ1) is 20.3. The predicted molar refractivity (Wildman–Crippen MR) is 115 cm³/mol. The number of rotatable bonds is 5. The molecule has 1 aliphatic heterocycles. The number of imide groups is 1. The van der Waals surface area contributed by atoms with Crippen molar-refractivity contribution >= 4 is 17.7 Å². The lowest BCUT2D eigenvalue weighted by Crippen LogP contribution is -2.43. The number of carbonyl (C=O) groups excluding carboxylic acids is 3. The van der Waals surface area contributed by atoms with Crippen molar-refractivity contribution in [1.29, 1.82) is 0 Å². The highest BCUT2D eigenvalue weighted by molar-refractivity contribution is 6.08. The van der Waals surface area contributed by atoms with E-state index < -0.39 is 5.41 Å². The van der Waals surface area contributed by atoms with Crippen molar-refractivity contribution in [1.82, 2.24) is 10.2 Å². The molecule has 5 nitrogen and oxygen atoms in total. The fourth-order valence-electron chi connectivity index (χ4n) is 4.75. The first-order valence-electron chi connectivity index (χ1n) is 10.8. The van der Waals surface area contributed by atoms with Gasteiger partial charge in [0.05, 0.1) is 11.5 Å². The molecule has 4 rings (SSSR count). The third-order valence-corrected chi connectivity index (χ3v) is 6.50. The molecule has 2 aromatic carbocycles. The zero-order valence-electron chi connectivity index (χ0n) is 17.4. The standard InChI is InChI=1S/C25H28N2O3/c1-18(19-10-12-21(13-11-19)20-8-4-2-5-9-20)26-22(28)17-27-23(29)16-25(24(27)30)14-6-3-7-15-25/h2,4-5,8-13,18H,3,6-7,14-17H2,1H3,(H,26,28). The van der Waals surface area contributed by atoms with Crippen LogP contribution in [0.4, 0.5) is 0 Å². The van der Waals surface area contributed by atoms with Gasteiger partial charge in [0.2, 0.25) is 17.7 Å². The first-order chi connectivity index (χ1) is 14.5. The van der Waals surface area contributed by atoms with Crippen LogP contribution in [0, 0.1) is 5.41 Å². The van der Waals surface area contributed by atoms with Gasteiger partial charge in [-0.05, 0) is 36.5 Å². The smallest absolute Gasteiger partial charge is 0.240 e. The second-order valence-electron chi connectivity index (χ2n) is 8.58. The summed E-state index contributed by atoms with van der Waals surface area (Å²) in [5.74, 6) is -0.664. The molecule has 1 spiro atoms. The minimum Gasteiger partial charge on any atom is -0.348 e. The number of carbonyl (C=O) groups is 3. The third kappa shape index (κ3) is 4.02. The van der Waals surface area contributed by atoms with Crippen LogP contribution in [0.2, 0.25) is 0 Å². The van der Waals surface area contributed by atoms with Crippen LogP contribution in [0.5, 0.6) is 0 Å². The van der Waals surface area contributed by atoms with Gasteiger partial charge in [0.1, 0.15) is 6.54 Å². The minimum atomic E-state index is -0.547. The first-order valence-corrected chi connectivity index (χ1v) is 10.8. The van der Waals surface area contributed by atoms with Crippen LogP contribution in [0.3, 0.4) is 0 Å². The quantitative estimate of drug-likeness (QED) is 0.758. The minimum absolute atomic E-state index is 0.151.